The minimum atomic E-state index is -4.32. The quantitative estimate of drug-likeness (QED) is 0.836. The molecule has 0 saturated carbocycles. The van der Waals surface area contributed by atoms with Gasteiger partial charge in [-0.3, -0.25) is 0 Å². The Bertz CT molecular complexity index is 576. The maximum atomic E-state index is 12.5. The molecular formula is C14H12F3NO. The van der Waals surface area contributed by atoms with Crippen molar-refractivity contribution < 1.29 is 17.9 Å². The summed E-state index contributed by atoms with van der Waals surface area (Å²) in [7, 11) is 1.49. The zero-order valence-electron chi connectivity index (χ0n) is 10.2. The third-order valence-electron chi connectivity index (χ3n) is 2.78. The van der Waals surface area contributed by atoms with E-state index in [1.54, 1.807) is 18.2 Å². The molecule has 0 heterocycles. The normalized spacial score (nSPS) is 11.4. The van der Waals surface area contributed by atoms with Crippen molar-refractivity contribution in [2.24, 2.45) is 0 Å². The van der Waals surface area contributed by atoms with Crippen molar-refractivity contribution >= 4 is 5.69 Å². The third kappa shape index (κ3) is 2.81. The molecular weight excluding hydrogens is 255 g/mol. The van der Waals surface area contributed by atoms with E-state index in [0.717, 1.165) is 17.7 Å². The molecule has 0 aliphatic rings. The Morgan fingerprint density at radius 2 is 1.53 bits per heavy atom. The summed E-state index contributed by atoms with van der Waals surface area (Å²) in [6, 6.07) is 10.0. The molecule has 19 heavy (non-hydrogen) atoms. The predicted molar refractivity (Wildman–Crippen MR) is 67.8 cm³/mol. The summed E-state index contributed by atoms with van der Waals surface area (Å²) in [4.78, 5) is 0. The lowest BCUT2D eigenvalue weighted by Gasteiger charge is -2.10. The smallest absolute Gasteiger partial charge is 0.416 e. The van der Waals surface area contributed by atoms with Crippen molar-refractivity contribution in [2.75, 3.05) is 12.8 Å². The molecule has 0 aliphatic carbocycles. The highest BCUT2D eigenvalue weighted by Crippen LogP contribution is 2.32. The average Bonchev–Trinajstić information content (AvgIpc) is 2.38. The van der Waals surface area contributed by atoms with Gasteiger partial charge in [0.25, 0.3) is 0 Å². The maximum absolute atomic E-state index is 12.5. The number of alkyl halides is 3. The van der Waals surface area contributed by atoms with Gasteiger partial charge in [0.15, 0.2) is 0 Å². The van der Waals surface area contributed by atoms with Crippen LogP contribution in [0.1, 0.15) is 5.56 Å². The lowest BCUT2D eigenvalue weighted by atomic mass is 10.0. The van der Waals surface area contributed by atoms with E-state index in [4.69, 9.17) is 10.5 Å². The molecule has 5 heteroatoms. The number of benzene rings is 2. The molecule has 2 N–H and O–H groups in total. The number of hydrogen-bond acceptors (Lipinski definition) is 2. The number of anilines is 1. The summed E-state index contributed by atoms with van der Waals surface area (Å²) in [5.41, 5.74) is 6.92. The first-order valence-corrected chi connectivity index (χ1v) is 5.53. The van der Waals surface area contributed by atoms with Crippen LogP contribution in [0.3, 0.4) is 0 Å². The molecule has 2 rings (SSSR count). The van der Waals surface area contributed by atoms with Crippen LogP contribution < -0.4 is 10.5 Å². The van der Waals surface area contributed by atoms with Crippen LogP contribution in [0.4, 0.5) is 18.9 Å². The summed E-state index contributed by atoms with van der Waals surface area (Å²) in [6.07, 6.45) is -4.32. The van der Waals surface area contributed by atoms with Crippen molar-refractivity contribution in [3.8, 4) is 16.9 Å². The first-order valence-electron chi connectivity index (χ1n) is 5.53. The molecule has 2 nitrogen and oxygen atoms in total. The van der Waals surface area contributed by atoms with Crippen LogP contribution in [0.2, 0.25) is 0 Å². The third-order valence-corrected chi connectivity index (χ3v) is 2.78. The van der Waals surface area contributed by atoms with Gasteiger partial charge < -0.3 is 10.5 Å². The minimum absolute atomic E-state index is 0.484. The van der Waals surface area contributed by atoms with Crippen LogP contribution in [0, 0.1) is 0 Å². The Morgan fingerprint density at radius 1 is 0.947 bits per heavy atom. The van der Waals surface area contributed by atoms with Crippen LogP contribution >= 0.6 is 0 Å². The predicted octanol–water partition coefficient (Wildman–Crippen LogP) is 3.96. The molecule has 0 aromatic heterocycles. The van der Waals surface area contributed by atoms with Gasteiger partial charge in [-0.1, -0.05) is 18.2 Å². The van der Waals surface area contributed by atoms with Crippen LogP contribution in [0.15, 0.2) is 42.5 Å². The fourth-order valence-electron chi connectivity index (χ4n) is 1.74. The maximum Gasteiger partial charge on any atom is 0.416 e. The van der Waals surface area contributed by atoms with Gasteiger partial charge in [0.05, 0.1) is 18.4 Å². The molecule has 100 valence electrons. The molecule has 0 atom stereocenters. The first-order chi connectivity index (χ1) is 8.91. The van der Waals surface area contributed by atoms with E-state index in [-0.39, 0.29) is 0 Å². The summed E-state index contributed by atoms with van der Waals surface area (Å²) < 4.78 is 42.5. The Labute approximate surface area is 108 Å². The van der Waals surface area contributed by atoms with E-state index in [1.807, 2.05) is 0 Å². The van der Waals surface area contributed by atoms with Crippen LogP contribution in [-0.2, 0) is 6.18 Å². The van der Waals surface area contributed by atoms with Gasteiger partial charge in [0.2, 0.25) is 0 Å². The molecule has 0 unspecified atom stereocenters. The van der Waals surface area contributed by atoms with E-state index < -0.39 is 11.7 Å². The summed E-state index contributed by atoms with van der Waals surface area (Å²) in [6.45, 7) is 0. The molecule has 0 bridgehead atoms. The van der Waals surface area contributed by atoms with Gasteiger partial charge in [0.1, 0.15) is 5.75 Å². The largest absolute Gasteiger partial charge is 0.495 e. The standard InChI is InChI=1S/C14H12F3NO/c1-19-13-8-10(4-7-12(13)18)9-2-5-11(6-3-9)14(15,16)17/h2-8H,18H2,1H3. The Balaban J connectivity index is 2.37. The number of nitrogens with two attached hydrogens (primary N) is 1. The number of halogens is 3. The number of ether oxygens (including phenoxy) is 1. The SMILES string of the molecule is COc1cc(-c2ccc(C(F)(F)F)cc2)ccc1N. The zero-order chi connectivity index (χ0) is 14.0. The molecule has 2 aromatic rings. The Hall–Kier alpha value is -2.17. The molecule has 0 saturated heterocycles. The van der Waals surface area contributed by atoms with Crippen molar-refractivity contribution in [2.45, 2.75) is 6.18 Å². The second-order valence-electron chi connectivity index (χ2n) is 4.03. The second-order valence-corrected chi connectivity index (χ2v) is 4.03. The van der Waals surface area contributed by atoms with Crippen molar-refractivity contribution in [3.63, 3.8) is 0 Å². The topological polar surface area (TPSA) is 35.2 Å². The van der Waals surface area contributed by atoms with E-state index in [9.17, 15) is 13.2 Å². The van der Waals surface area contributed by atoms with Gasteiger partial charge in [0, 0.05) is 0 Å². The Morgan fingerprint density at radius 3 is 2.05 bits per heavy atom. The van der Waals surface area contributed by atoms with Crippen molar-refractivity contribution in [1.29, 1.82) is 0 Å². The van der Waals surface area contributed by atoms with Crippen molar-refractivity contribution in [1.82, 2.24) is 0 Å². The van der Waals surface area contributed by atoms with Gasteiger partial charge in [-0.2, -0.15) is 13.2 Å². The summed E-state index contributed by atoms with van der Waals surface area (Å²) in [5, 5.41) is 0. The fraction of sp³-hybridized carbons (Fsp3) is 0.143. The molecule has 0 radical (unpaired) electrons. The number of methoxy groups -OCH3 is 1. The first kappa shape index (κ1) is 13.3. The summed E-state index contributed by atoms with van der Waals surface area (Å²) in [5.74, 6) is 0.498. The Kier molecular flexibility index (Phi) is 3.38. The zero-order valence-corrected chi connectivity index (χ0v) is 10.2. The number of nitrogen functional groups attached to an aromatic ring is 1. The average molecular weight is 267 g/mol. The lowest BCUT2D eigenvalue weighted by Crippen LogP contribution is -2.04. The van der Waals surface area contributed by atoms with E-state index in [1.165, 1.54) is 19.2 Å². The van der Waals surface area contributed by atoms with Gasteiger partial charge >= 0.3 is 6.18 Å². The molecule has 2 aromatic carbocycles. The highest BCUT2D eigenvalue weighted by molar-refractivity contribution is 5.70. The molecule has 0 spiro atoms. The van der Waals surface area contributed by atoms with Crippen LogP contribution in [0.5, 0.6) is 5.75 Å². The molecule has 0 fully saturated rings. The molecule has 0 aliphatic heterocycles. The number of rotatable bonds is 2. The highest BCUT2D eigenvalue weighted by atomic mass is 19.4. The fourth-order valence-corrected chi connectivity index (χ4v) is 1.74. The van der Waals surface area contributed by atoms with Crippen LogP contribution in [-0.4, -0.2) is 7.11 Å². The van der Waals surface area contributed by atoms with E-state index in [0.29, 0.717) is 17.0 Å². The van der Waals surface area contributed by atoms with E-state index in [2.05, 4.69) is 0 Å². The van der Waals surface area contributed by atoms with Gasteiger partial charge in [-0.05, 0) is 35.4 Å². The van der Waals surface area contributed by atoms with E-state index >= 15 is 0 Å². The monoisotopic (exact) mass is 267 g/mol. The highest BCUT2D eigenvalue weighted by Gasteiger charge is 2.29. The number of hydrogen-bond donors (Lipinski definition) is 1. The van der Waals surface area contributed by atoms with Crippen molar-refractivity contribution in [3.05, 3.63) is 48.0 Å². The minimum Gasteiger partial charge on any atom is -0.495 e. The van der Waals surface area contributed by atoms with Gasteiger partial charge in [-0.25, -0.2) is 0 Å². The lowest BCUT2D eigenvalue weighted by molar-refractivity contribution is -0.137. The second kappa shape index (κ2) is 4.84. The summed E-state index contributed by atoms with van der Waals surface area (Å²) >= 11 is 0. The molecule has 0 amide bonds. The van der Waals surface area contributed by atoms with Gasteiger partial charge in [-0.15, -0.1) is 0 Å². The van der Waals surface area contributed by atoms with Crippen LogP contribution in [0.25, 0.3) is 11.1 Å².